The van der Waals surface area contributed by atoms with Crippen molar-refractivity contribution < 1.29 is 45.8 Å². The Morgan fingerprint density at radius 2 is 1.73 bits per heavy atom. The Labute approximate surface area is 233 Å². The molecule has 0 spiro atoms. The van der Waals surface area contributed by atoms with Crippen molar-refractivity contribution >= 4 is 29.3 Å². The lowest BCUT2D eigenvalue weighted by Crippen LogP contribution is -2.50. The van der Waals surface area contributed by atoms with Crippen LogP contribution in [0.5, 0.6) is 0 Å². The maximum atomic E-state index is 15.2. The first-order valence-electron chi connectivity index (χ1n) is 12.9. The van der Waals surface area contributed by atoms with Crippen LogP contribution >= 0.6 is 0 Å². The SMILES string of the molecule is COC(=O)C(CC(C)(F)F)c1ccc(NC(=O)[C@@H](NC(=O)OCc2ccccc2)C2CCC(F)(F)CC2)c(N)c1F. The van der Waals surface area contributed by atoms with E-state index in [9.17, 15) is 31.9 Å². The summed E-state index contributed by atoms with van der Waals surface area (Å²) in [5, 5.41) is 4.80. The van der Waals surface area contributed by atoms with Crippen molar-refractivity contribution in [2.45, 2.75) is 69.4 Å². The lowest BCUT2D eigenvalue weighted by atomic mass is 9.81. The number of anilines is 2. The van der Waals surface area contributed by atoms with Crippen molar-refractivity contribution in [2.75, 3.05) is 18.2 Å². The molecule has 0 aromatic heterocycles. The largest absolute Gasteiger partial charge is 0.469 e. The highest BCUT2D eigenvalue weighted by atomic mass is 19.3. The molecule has 1 saturated carbocycles. The summed E-state index contributed by atoms with van der Waals surface area (Å²) in [4.78, 5) is 38.0. The minimum absolute atomic E-state index is 0.0845. The predicted molar refractivity (Wildman–Crippen MR) is 140 cm³/mol. The first-order valence-corrected chi connectivity index (χ1v) is 12.9. The molecule has 3 rings (SSSR count). The van der Waals surface area contributed by atoms with Crippen LogP contribution in [-0.2, 0) is 25.7 Å². The molecule has 1 aliphatic rings. The number of carbonyl (C=O) groups excluding carboxylic acids is 3. The number of esters is 1. The Hall–Kier alpha value is -3.90. The Balaban J connectivity index is 1.81. The van der Waals surface area contributed by atoms with Gasteiger partial charge in [0.05, 0.1) is 24.4 Å². The number of nitrogens with one attached hydrogen (secondary N) is 2. The van der Waals surface area contributed by atoms with Crippen LogP contribution in [0.4, 0.5) is 38.1 Å². The van der Waals surface area contributed by atoms with E-state index < -0.39 is 84.0 Å². The number of alkyl halides is 4. The summed E-state index contributed by atoms with van der Waals surface area (Å²) in [6.45, 7) is 0.458. The number of nitrogens with two attached hydrogens (primary N) is 1. The van der Waals surface area contributed by atoms with E-state index in [4.69, 9.17) is 10.5 Å². The summed E-state index contributed by atoms with van der Waals surface area (Å²) >= 11 is 0. The van der Waals surface area contributed by atoms with Gasteiger partial charge in [-0.05, 0) is 37.3 Å². The lowest BCUT2D eigenvalue weighted by Gasteiger charge is -2.33. The van der Waals surface area contributed by atoms with E-state index in [0.29, 0.717) is 12.5 Å². The average molecular weight is 586 g/mol. The van der Waals surface area contributed by atoms with Gasteiger partial charge in [-0.3, -0.25) is 9.59 Å². The van der Waals surface area contributed by atoms with Gasteiger partial charge in [-0.15, -0.1) is 0 Å². The first-order chi connectivity index (χ1) is 19.2. The third kappa shape index (κ3) is 8.79. The molecule has 4 N–H and O–H groups in total. The molecular formula is C28H32F5N3O5. The van der Waals surface area contributed by atoms with Crippen LogP contribution in [0.3, 0.4) is 0 Å². The molecule has 1 unspecified atom stereocenters. The molecule has 1 fully saturated rings. The summed E-state index contributed by atoms with van der Waals surface area (Å²) in [6, 6.07) is 9.50. The number of methoxy groups -OCH3 is 1. The smallest absolute Gasteiger partial charge is 0.408 e. The Kier molecular flexibility index (Phi) is 10.2. The highest BCUT2D eigenvalue weighted by molar-refractivity contribution is 5.99. The van der Waals surface area contributed by atoms with E-state index in [2.05, 4.69) is 15.4 Å². The third-order valence-electron chi connectivity index (χ3n) is 6.89. The van der Waals surface area contributed by atoms with E-state index >= 15 is 4.39 Å². The highest BCUT2D eigenvalue weighted by Crippen LogP contribution is 2.39. The van der Waals surface area contributed by atoms with Crippen LogP contribution in [0, 0.1) is 11.7 Å². The van der Waals surface area contributed by atoms with Crippen LogP contribution in [-0.4, -0.2) is 43.0 Å². The molecule has 0 bridgehead atoms. The quantitative estimate of drug-likeness (QED) is 0.185. The molecule has 2 atom stereocenters. The molecule has 0 radical (unpaired) electrons. The predicted octanol–water partition coefficient (Wildman–Crippen LogP) is 5.77. The van der Waals surface area contributed by atoms with Gasteiger partial charge in [0.25, 0.3) is 0 Å². The normalized spacial score (nSPS) is 16.8. The van der Waals surface area contributed by atoms with E-state index in [-0.39, 0.29) is 25.1 Å². The van der Waals surface area contributed by atoms with Gasteiger partial charge in [0.15, 0.2) is 5.82 Å². The van der Waals surface area contributed by atoms with E-state index in [1.807, 2.05) is 0 Å². The van der Waals surface area contributed by atoms with Gasteiger partial charge >= 0.3 is 12.1 Å². The van der Waals surface area contributed by atoms with Crippen LogP contribution in [0.15, 0.2) is 42.5 Å². The Bertz CT molecular complexity index is 1230. The molecular weight excluding hydrogens is 553 g/mol. The number of hydrogen-bond acceptors (Lipinski definition) is 6. The van der Waals surface area contributed by atoms with Gasteiger partial charge in [0.2, 0.25) is 17.8 Å². The maximum Gasteiger partial charge on any atom is 0.408 e. The van der Waals surface area contributed by atoms with Crippen LogP contribution < -0.4 is 16.4 Å². The lowest BCUT2D eigenvalue weighted by molar-refractivity contribution is -0.145. The zero-order chi connectivity index (χ0) is 30.4. The van der Waals surface area contributed by atoms with Crippen molar-refractivity contribution in [1.29, 1.82) is 0 Å². The maximum absolute atomic E-state index is 15.2. The second-order valence-corrected chi connectivity index (χ2v) is 10.1. The van der Waals surface area contributed by atoms with Crippen molar-refractivity contribution in [3.05, 3.63) is 59.4 Å². The summed E-state index contributed by atoms with van der Waals surface area (Å²) in [5.74, 6) is -11.8. The van der Waals surface area contributed by atoms with Gasteiger partial charge < -0.3 is 25.8 Å². The number of alkyl carbamates (subject to hydrolysis) is 1. The number of nitrogen functional groups attached to an aromatic ring is 1. The molecule has 2 aromatic rings. The summed E-state index contributed by atoms with van der Waals surface area (Å²) in [6.07, 6.45) is -3.18. The summed E-state index contributed by atoms with van der Waals surface area (Å²) in [5.41, 5.74) is 5.16. The molecule has 0 heterocycles. The van der Waals surface area contributed by atoms with Gasteiger partial charge in [-0.25, -0.2) is 26.7 Å². The number of rotatable bonds is 10. The monoisotopic (exact) mass is 585 g/mol. The van der Waals surface area contributed by atoms with Crippen molar-refractivity contribution in [3.8, 4) is 0 Å². The van der Waals surface area contributed by atoms with E-state index in [0.717, 1.165) is 19.2 Å². The standard InChI is InChI=1S/C28H32F5N3O5/c1-27(30,31)14-19(25(38)40-2)18-8-9-20(22(34)21(18)29)35-24(37)23(17-10-12-28(32,33)13-11-17)36-26(39)41-15-16-6-4-3-5-7-16/h3-9,17,19,23H,10-15,34H2,1-2H3,(H,35,37)(H,36,39)/t19?,23-/m0/s1. The molecule has 41 heavy (non-hydrogen) atoms. The Morgan fingerprint density at radius 3 is 2.32 bits per heavy atom. The topological polar surface area (TPSA) is 120 Å². The van der Waals surface area contributed by atoms with Crippen molar-refractivity contribution in [2.24, 2.45) is 5.92 Å². The molecule has 2 amide bonds. The van der Waals surface area contributed by atoms with Crippen molar-refractivity contribution in [1.82, 2.24) is 5.32 Å². The molecule has 224 valence electrons. The number of carbonyl (C=O) groups is 3. The van der Waals surface area contributed by atoms with E-state index in [1.54, 1.807) is 30.3 Å². The van der Waals surface area contributed by atoms with Gasteiger partial charge in [0.1, 0.15) is 12.6 Å². The second kappa shape index (κ2) is 13.2. The highest BCUT2D eigenvalue weighted by Gasteiger charge is 2.41. The molecule has 0 aliphatic heterocycles. The number of benzene rings is 2. The molecule has 0 saturated heterocycles. The second-order valence-electron chi connectivity index (χ2n) is 10.1. The van der Waals surface area contributed by atoms with Crippen molar-refractivity contribution in [3.63, 3.8) is 0 Å². The summed E-state index contributed by atoms with van der Waals surface area (Å²) in [7, 11) is 0.970. The van der Waals surface area contributed by atoms with E-state index in [1.165, 1.54) is 0 Å². The average Bonchev–Trinajstić information content (AvgIpc) is 2.92. The zero-order valence-corrected chi connectivity index (χ0v) is 22.5. The summed E-state index contributed by atoms with van der Waals surface area (Å²) < 4.78 is 80.0. The third-order valence-corrected chi connectivity index (χ3v) is 6.89. The fourth-order valence-electron chi connectivity index (χ4n) is 4.70. The first kappa shape index (κ1) is 31.6. The van der Waals surface area contributed by atoms with Crippen LogP contribution in [0.25, 0.3) is 0 Å². The number of halogens is 5. The van der Waals surface area contributed by atoms with Crippen LogP contribution in [0.2, 0.25) is 0 Å². The van der Waals surface area contributed by atoms with Gasteiger partial charge in [-0.2, -0.15) is 0 Å². The fourth-order valence-corrected chi connectivity index (χ4v) is 4.70. The van der Waals surface area contributed by atoms with Gasteiger partial charge in [0, 0.05) is 24.8 Å². The van der Waals surface area contributed by atoms with Gasteiger partial charge in [-0.1, -0.05) is 36.4 Å². The van der Waals surface area contributed by atoms with Crippen LogP contribution in [0.1, 0.15) is 56.1 Å². The fraction of sp³-hybridized carbons (Fsp3) is 0.464. The number of hydrogen-bond donors (Lipinski definition) is 3. The zero-order valence-electron chi connectivity index (χ0n) is 22.5. The Morgan fingerprint density at radius 1 is 1.10 bits per heavy atom. The minimum atomic E-state index is -3.34. The minimum Gasteiger partial charge on any atom is -0.469 e. The molecule has 1 aliphatic carbocycles. The molecule has 8 nitrogen and oxygen atoms in total. The number of ether oxygens (including phenoxy) is 2. The molecule has 2 aromatic carbocycles. The molecule has 13 heteroatoms. The number of amides is 2.